The zero-order valence-corrected chi connectivity index (χ0v) is 14.2. The van der Waals surface area contributed by atoms with Crippen molar-refractivity contribution in [1.29, 1.82) is 0 Å². The first-order valence-electron chi connectivity index (χ1n) is 8.68. The van der Waals surface area contributed by atoms with Gasteiger partial charge in [0.15, 0.2) is 5.43 Å². The van der Waals surface area contributed by atoms with Crippen molar-refractivity contribution in [2.75, 3.05) is 19.6 Å². The predicted molar refractivity (Wildman–Crippen MR) is 93.1 cm³/mol. The van der Waals surface area contributed by atoms with Crippen LogP contribution < -0.4 is 5.43 Å². The molecule has 0 amide bonds. The minimum atomic E-state index is -0.212. The molecule has 24 heavy (non-hydrogen) atoms. The Balaban J connectivity index is 1.60. The summed E-state index contributed by atoms with van der Waals surface area (Å²) in [5.41, 5.74) is 2.49. The lowest BCUT2D eigenvalue weighted by Crippen LogP contribution is -2.54. The van der Waals surface area contributed by atoms with Gasteiger partial charge in [-0.3, -0.25) is 14.6 Å². The molecule has 3 heterocycles. The molecule has 0 aliphatic carbocycles. The second-order valence-electron chi connectivity index (χ2n) is 7.37. The molecule has 2 saturated heterocycles. The molecule has 2 fully saturated rings. The molecule has 128 valence electrons. The fourth-order valence-electron chi connectivity index (χ4n) is 4.11. The SMILES string of the molecule is Cc1ccc2occ(CN3C[C@H]4C[C@@H](O)CN4C[C@@H]3C)c(=O)c2c1. The van der Waals surface area contributed by atoms with E-state index < -0.39 is 0 Å². The van der Waals surface area contributed by atoms with Crippen molar-refractivity contribution in [2.45, 2.75) is 45.0 Å². The molecule has 0 radical (unpaired) electrons. The maximum atomic E-state index is 12.8. The molecular formula is C19H24N2O3. The first-order chi connectivity index (χ1) is 11.5. The van der Waals surface area contributed by atoms with E-state index in [0.29, 0.717) is 35.2 Å². The number of hydrogen-bond donors (Lipinski definition) is 1. The third-order valence-electron chi connectivity index (χ3n) is 5.45. The van der Waals surface area contributed by atoms with Crippen LogP contribution in [0.5, 0.6) is 0 Å². The number of fused-ring (bicyclic) bond motifs is 2. The fraction of sp³-hybridized carbons (Fsp3) is 0.526. The van der Waals surface area contributed by atoms with E-state index in [4.69, 9.17) is 4.42 Å². The largest absolute Gasteiger partial charge is 0.464 e. The Morgan fingerprint density at radius 3 is 2.96 bits per heavy atom. The summed E-state index contributed by atoms with van der Waals surface area (Å²) in [6.45, 7) is 7.39. The van der Waals surface area contributed by atoms with Gasteiger partial charge in [0, 0.05) is 43.8 Å². The van der Waals surface area contributed by atoms with Gasteiger partial charge in [0.2, 0.25) is 0 Å². The van der Waals surface area contributed by atoms with E-state index in [0.717, 1.165) is 31.6 Å². The van der Waals surface area contributed by atoms with Gasteiger partial charge in [-0.1, -0.05) is 11.6 Å². The molecule has 2 aromatic rings. The number of aliphatic hydroxyl groups is 1. The number of benzene rings is 1. The van der Waals surface area contributed by atoms with Crippen LogP contribution in [0.4, 0.5) is 0 Å². The van der Waals surface area contributed by atoms with Crippen molar-refractivity contribution < 1.29 is 9.52 Å². The van der Waals surface area contributed by atoms with Gasteiger partial charge >= 0.3 is 0 Å². The number of rotatable bonds is 2. The van der Waals surface area contributed by atoms with Gasteiger partial charge in [0.25, 0.3) is 0 Å². The number of nitrogens with zero attached hydrogens (tertiary/aromatic N) is 2. The highest BCUT2D eigenvalue weighted by molar-refractivity contribution is 5.77. The normalized spacial score (nSPS) is 28.4. The van der Waals surface area contributed by atoms with Gasteiger partial charge in [0.1, 0.15) is 5.58 Å². The second kappa shape index (κ2) is 5.99. The Morgan fingerprint density at radius 2 is 2.12 bits per heavy atom. The molecule has 5 heteroatoms. The van der Waals surface area contributed by atoms with Crippen LogP contribution in [0.3, 0.4) is 0 Å². The van der Waals surface area contributed by atoms with Gasteiger partial charge in [-0.05, 0) is 32.4 Å². The average molecular weight is 328 g/mol. The quantitative estimate of drug-likeness (QED) is 0.910. The average Bonchev–Trinajstić information content (AvgIpc) is 2.89. The van der Waals surface area contributed by atoms with Gasteiger partial charge in [-0.2, -0.15) is 0 Å². The summed E-state index contributed by atoms with van der Waals surface area (Å²) in [6.07, 6.45) is 2.23. The molecule has 5 nitrogen and oxygen atoms in total. The van der Waals surface area contributed by atoms with E-state index in [1.807, 2.05) is 25.1 Å². The molecule has 1 aromatic heterocycles. The summed E-state index contributed by atoms with van der Waals surface area (Å²) in [5.74, 6) is 0. The molecule has 2 aliphatic rings. The monoisotopic (exact) mass is 328 g/mol. The molecule has 4 rings (SSSR count). The fourth-order valence-corrected chi connectivity index (χ4v) is 4.11. The molecule has 0 saturated carbocycles. The van der Waals surface area contributed by atoms with Crippen LogP contribution in [-0.4, -0.2) is 52.7 Å². The number of hydrogen-bond acceptors (Lipinski definition) is 5. The Morgan fingerprint density at radius 1 is 1.29 bits per heavy atom. The minimum Gasteiger partial charge on any atom is -0.464 e. The van der Waals surface area contributed by atoms with Crippen molar-refractivity contribution in [1.82, 2.24) is 9.80 Å². The Bertz CT molecular complexity index is 816. The summed E-state index contributed by atoms with van der Waals surface area (Å²) >= 11 is 0. The summed E-state index contributed by atoms with van der Waals surface area (Å²) in [5, 5.41) is 10.5. The summed E-state index contributed by atoms with van der Waals surface area (Å²) in [7, 11) is 0. The van der Waals surface area contributed by atoms with E-state index in [1.54, 1.807) is 6.26 Å². The summed E-state index contributed by atoms with van der Waals surface area (Å²) in [4.78, 5) is 17.5. The third-order valence-corrected chi connectivity index (χ3v) is 5.45. The summed E-state index contributed by atoms with van der Waals surface area (Å²) < 4.78 is 5.68. The van der Waals surface area contributed by atoms with E-state index in [1.165, 1.54) is 0 Å². The summed E-state index contributed by atoms with van der Waals surface area (Å²) in [6, 6.07) is 6.47. The topological polar surface area (TPSA) is 56.9 Å². The van der Waals surface area contributed by atoms with Gasteiger partial charge in [-0.15, -0.1) is 0 Å². The van der Waals surface area contributed by atoms with Crippen LogP contribution >= 0.6 is 0 Å². The lowest BCUT2D eigenvalue weighted by atomic mass is 10.1. The highest BCUT2D eigenvalue weighted by Crippen LogP contribution is 2.26. The first kappa shape index (κ1) is 15.8. The first-order valence-corrected chi connectivity index (χ1v) is 8.68. The van der Waals surface area contributed by atoms with E-state index in [9.17, 15) is 9.90 Å². The molecule has 1 N–H and O–H groups in total. The third kappa shape index (κ3) is 2.77. The van der Waals surface area contributed by atoms with Crippen LogP contribution in [0.25, 0.3) is 11.0 Å². The predicted octanol–water partition coefficient (Wildman–Crippen LogP) is 1.74. The van der Waals surface area contributed by atoms with Crippen molar-refractivity contribution in [3.63, 3.8) is 0 Å². The Kier molecular flexibility index (Phi) is 3.95. The van der Waals surface area contributed by atoms with Crippen LogP contribution in [-0.2, 0) is 6.54 Å². The number of piperazine rings is 1. The van der Waals surface area contributed by atoms with Crippen molar-refractivity contribution >= 4 is 11.0 Å². The number of aliphatic hydroxyl groups excluding tert-OH is 1. The number of aryl methyl sites for hydroxylation is 1. The Hall–Kier alpha value is -1.69. The van der Waals surface area contributed by atoms with Crippen LogP contribution in [0.1, 0.15) is 24.5 Å². The standard InChI is InChI=1S/C19H24N2O3/c1-12-3-4-18-17(5-12)19(23)14(11-24-18)8-20-9-15-6-16(22)10-21(15)7-13(20)2/h3-5,11,13,15-16,22H,6-10H2,1-2H3/t13-,15+,16+/m0/s1. The van der Waals surface area contributed by atoms with Crippen molar-refractivity contribution in [2.24, 2.45) is 0 Å². The smallest absolute Gasteiger partial charge is 0.197 e. The minimum absolute atomic E-state index is 0.0704. The maximum Gasteiger partial charge on any atom is 0.197 e. The van der Waals surface area contributed by atoms with Crippen molar-refractivity contribution in [3.05, 3.63) is 45.8 Å². The van der Waals surface area contributed by atoms with E-state index in [2.05, 4.69) is 16.7 Å². The van der Waals surface area contributed by atoms with E-state index in [-0.39, 0.29) is 11.5 Å². The van der Waals surface area contributed by atoms with Crippen LogP contribution in [0.15, 0.2) is 33.7 Å². The highest BCUT2D eigenvalue weighted by atomic mass is 16.3. The molecule has 0 spiro atoms. The second-order valence-corrected chi connectivity index (χ2v) is 7.37. The van der Waals surface area contributed by atoms with Crippen LogP contribution in [0.2, 0.25) is 0 Å². The molecule has 2 aliphatic heterocycles. The van der Waals surface area contributed by atoms with Gasteiger partial charge in [-0.25, -0.2) is 0 Å². The van der Waals surface area contributed by atoms with Gasteiger partial charge in [0.05, 0.1) is 17.8 Å². The lowest BCUT2D eigenvalue weighted by molar-refractivity contribution is 0.0523. The maximum absolute atomic E-state index is 12.8. The molecule has 1 aromatic carbocycles. The molecule has 0 bridgehead atoms. The zero-order valence-electron chi connectivity index (χ0n) is 14.2. The van der Waals surface area contributed by atoms with Gasteiger partial charge < -0.3 is 9.52 Å². The molecular weight excluding hydrogens is 304 g/mol. The Labute approximate surface area is 141 Å². The van der Waals surface area contributed by atoms with E-state index >= 15 is 0 Å². The molecule has 0 unspecified atom stereocenters. The highest BCUT2D eigenvalue weighted by Gasteiger charge is 2.38. The zero-order chi connectivity index (χ0) is 16.8. The lowest BCUT2D eigenvalue weighted by Gasteiger charge is -2.42. The van der Waals surface area contributed by atoms with Crippen LogP contribution in [0, 0.1) is 6.92 Å². The van der Waals surface area contributed by atoms with Crippen molar-refractivity contribution in [3.8, 4) is 0 Å². The molecule has 3 atom stereocenters.